The molecule has 2 heterocycles. The van der Waals surface area contributed by atoms with Crippen LogP contribution in [0.3, 0.4) is 0 Å². The highest BCUT2D eigenvalue weighted by Crippen LogP contribution is 2.32. The van der Waals surface area contributed by atoms with Crippen LogP contribution in [0.1, 0.15) is 36.1 Å². The Morgan fingerprint density at radius 1 is 1.09 bits per heavy atom. The fourth-order valence-corrected chi connectivity index (χ4v) is 5.24. The lowest BCUT2D eigenvalue weighted by atomic mass is 9.94. The molecule has 0 saturated carbocycles. The number of anilines is 1. The van der Waals surface area contributed by atoms with Crippen molar-refractivity contribution < 1.29 is 9.53 Å². The zero-order valence-electron chi connectivity index (χ0n) is 19.9. The maximum atomic E-state index is 13.3. The summed E-state index contributed by atoms with van der Waals surface area (Å²) in [4.78, 5) is 15.7. The largest absolute Gasteiger partial charge is 0.380 e. The van der Waals surface area contributed by atoms with Gasteiger partial charge >= 0.3 is 6.03 Å². The number of hydrogen-bond donors (Lipinski definition) is 2. The third kappa shape index (κ3) is 4.72. The highest BCUT2D eigenvalue weighted by atomic mass is 16.5. The summed E-state index contributed by atoms with van der Waals surface area (Å²) < 4.78 is 7.36. The van der Waals surface area contributed by atoms with E-state index in [4.69, 9.17) is 9.84 Å². The SMILES string of the molecule is COC(C)CN1C[C@@H](NC(=O)Nc2c3c(nn2-c2ccccc2)CCC3)[C@H](c2ccccc2)C1. The van der Waals surface area contributed by atoms with Gasteiger partial charge < -0.3 is 10.1 Å². The van der Waals surface area contributed by atoms with Crippen LogP contribution in [0.4, 0.5) is 10.6 Å². The number of likely N-dealkylation sites (tertiary alicyclic amines) is 1. The van der Waals surface area contributed by atoms with E-state index < -0.39 is 0 Å². The number of methoxy groups -OCH3 is 1. The van der Waals surface area contributed by atoms with Crippen molar-refractivity contribution in [3.63, 3.8) is 0 Å². The molecule has 3 aromatic rings. The number of carbonyl (C=O) groups is 1. The number of amides is 2. The number of aryl methyl sites for hydroxylation is 1. The molecule has 1 aliphatic heterocycles. The lowest BCUT2D eigenvalue weighted by molar-refractivity contribution is 0.0843. The molecule has 0 spiro atoms. The van der Waals surface area contributed by atoms with Crippen molar-refractivity contribution in [1.29, 1.82) is 0 Å². The summed E-state index contributed by atoms with van der Waals surface area (Å²) in [5.74, 6) is 1.01. The molecule has 3 atom stereocenters. The topological polar surface area (TPSA) is 71.4 Å². The summed E-state index contributed by atoms with van der Waals surface area (Å²) in [6.45, 7) is 4.60. The first-order valence-corrected chi connectivity index (χ1v) is 12.2. The predicted molar refractivity (Wildman–Crippen MR) is 134 cm³/mol. The maximum Gasteiger partial charge on any atom is 0.320 e. The van der Waals surface area contributed by atoms with Crippen molar-refractivity contribution >= 4 is 11.8 Å². The summed E-state index contributed by atoms with van der Waals surface area (Å²) in [7, 11) is 1.74. The molecule has 1 aliphatic carbocycles. The number of nitrogens with one attached hydrogen (secondary N) is 2. The molecular weight excluding hydrogens is 426 g/mol. The van der Waals surface area contributed by atoms with Gasteiger partial charge in [-0.25, -0.2) is 9.48 Å². The quantitative estimate of drug-likeness (QED) is 0.561. The summed E-state index contributed by atoms with van der Waals surface area (Å²) in [6, 6.07) is 20.3. The molecule has 178 valence electrons. The van der Waals surface area contributed by atoms with E-state index >= 15 is 0 Å². The van der Waals surface area contributed by atoms with Crippen LogP contribution >= 0.6 is 0 Å². The van der Waals surface area contributed by atoms with E-state index in [1.807, 2.05) is 41.1 Å². The van der Waals surface area contributed by atoms with Gasteiger partial charge in [0.1, 0.15) is 5.82 Å². The summed E-state index contributed by atoms with van der Waals surface area (Å²) >= 11 is 0. The monoisotopic (exact) mass is 459 g/mol. The van der Waals surface area contributed by atoms with Gasteiger partial charge in [0.2, 0.25) is 0 Å². The van der Waals surface area contributed by atoms with Crippen molar-refractivity contribution in [1.82, 2.24) is 20.0 Å². The van der Waals surface area contributed by atoms with Crippen LogP contribution in [-0.2, 0) is 17.6 Å². The van der Waals surface area contributed by atoms with Crippen LogP contribution in [0, 0.1) is 0 Å². The first kappa shape index (κ1) is 22.6. The van der Waals surface area contributed by atoms with E-state index in [0.717, 1.165) is 61.7 Å². The molecule has 7 heteroatoms. The van der Waals surface area contributed by atoms with Crippen LogP contribution in [-0.4, -0.2) is 59.6 Å². The van der Waals surface area contributed by atoms with Gasteiger partial charge in [0.25, 0.3) is 0 Å². The Kier molecular flexibility index (Phi) is 6.65. The van der Waals surface area contributed by atoms with Crippen molar-refractivity contribution in [2.24, 2.45) is 0 Å². The number of para-hydroxylation sites is 1. The normalized spacial score (nSPS) is 20.8. The minimum absolute atomic E-state index is 0.00704. The lowest BCUT2D eigenvalue weighted by Crippen LogP contribution is -2.43. The first-order chi connectivity index (χ1) is 16.6. The van der Waals surface area contributed by atoms with Gasteiger partial charge in [-0.2, -0.15) is 5.10 Å². The van der Waals surface area contributed by atoms with Gasteiger partial charge in [0, 0.05) is 38.2 Å². The van der Waals surface area contributed by atoms with Gasteiger partial charge in [-0.05, 0) is 43.9 Å². The van der Waals surface area contributed by atoms with Crippen molar-refractivity contribution in [2.75, 3.05) is 32.1 Å². The van der Waals surface area contributed by atoms with Crippen LogP contribution in [0.25, 0.3) is 5.69 Å². The van der Waals surface area contributed by atoms with Gasteiger partial charge in [-0.3, -0.25) is 10.2 Å². The maximum absolute atomic E-state index is 13.3. The number of aromatic nitrogens is 2. The molecular formula is C27H33N5O2. The minimum atomic E-state index is -0.181. The average molecular weight is 460 g/mol. The van der Waals surface area contributed by atoms with Crippen LogP contribution in [0.15, 0.2) is 60.7 Å². The van der Waals surface area contributed by atoms with Crippen molar-refractivity contribution in [3.05, 3.63) is 77.5 Å². The Morgan fingerprint density at radius 2 is 1.82 bits per heavy atom. The molecule has 34 heavy (non-hydrogen) atoms. The van der Waals surface area contributed by atoms with E-state index in [0.29, 0.717) is 0 Å². The molecule has 2 N–H and O–H groups in total. The molecule has 5 rings (SSSR count). The number of hydrogen-bond acceptors (Lipinski definition) is 4. The molecule has 1 saturated heterocycles. The molecule has 1 unspecified atom stereocenters. The van der Waals surface area contributed by atoms with E-state index in [9.17, 15) is 4.79 Å². The molecule has 0 bridgehead atoms. The zero-order valence-corrected chi connectivity index (χ0v) is 19.9. The second kappa shape index (κ2) is 9.99. The number of benzene rings is 2. The smallest absolute Gasteiger partial charge is 0.320 e. The fraction of sp³-hybridized carbons (Fsp3) is 0.407. The molecule has 1 fully saturated rings. The summed E-state index contributed by atoms with van der Waals surface area (Å²) in [6.07, 6.45) is 3.12. The Morgan fingerprint density at radius 3 is 2.56 bits per heavy atom. The van der Waals surface area contributed by atoms with Gasteiger partial charge in [-0.15, -0.1) is 0 Å². The number of fused-ring (bicyclic) bond motifs is 1. The Bertz CT molecular complexity index is 1110. The number of rotatable bonds is 7. The van der Waals surface area contributed by atoms with E-state index in [-0.39, 0.29) is 24.1 Å². The minimum Gasteiger partial charge on any atom is -0.380 e. The van der Waals surface area contributed by atoms with Crippen LogP contribution in [0.5, 0.6) is 0 Å². The Labute approximate surface area is 201 Å². The highest BCUT2D eigenvalue weighted by Gasteiger charge is 2.35. The van der Waals surface area contributed by atoms with Crippen LogP contribution in [0.2, 0.25) is 0 Å². The third-order valence-corrected chi connectivity index (χ3v) is 7.00. The Hall–Kier alpha value is -3.16. The van der Waals surface area contributed by atoms with E-state index in [1.165, 1.54) is 5.56 Å². The number of ether oxygens (including phenoxy) is 1. The second-order valence-electron chi connectivity index (χ2n) is 9.36. The van der Waals surface area contributed by atoms with Crippen molar-refractivity contribution in [2.45, 2.75) is 44.2 Å². The van der Waals surface area contributed by atoms with Crippen LogP contribution < -0.4 is 10.6 Å². The Balaban J connectivity index is 1.35. The standard InChI is InChI=1S/C27H33N5O2/c1-19(34-2)16-31-17-23(20-10-5-3-6-11-20)25(18-31)28-27(33)29-26-22-14-9-15-24(22)30-32(26)21-12-7-4-8-13-21/h3-8,10-13,19,23,25H,9,14-18H2,1-2H3,(H2,28,29,33)/t19?,23-,25+/m0/s1. The first-order valence-electron chi connectivity index (χ1n) is 12.2. The molecule has 2 aliphatic rings. The average Bonchev–Trinajstić information content (AvgIpc) is 3.56. The molecule has 1 aromatic heterocycles. The number of urea groups is 1. The van der Waals surface area contributed by atoms with Gasteiger partial charge in [0.15, 0.2) is 0 Å². The molecule has 2 aromatic carbocycles. The lowest BCUT2D eigenvalue weighted by Gasteiger charge is -2.21. The van der Waals surface area contributed by atoms with E-state index in [2.05, 4.69) is 46.7 Å². The zero-order chi connectivity index (χ0) is 23.5. The third-order valence-electron chi connectivity index (χ3n) is 7.00. The van der Waals surface area contributed by atoms with Gasteiger partial charge in [0.05, 0.1) is 23.5 Å². The predicted octanol–water partition coefficient (Wildman–Crippen LogP) is 3.99. The molecule has 0 radical (unpaired) electrons. The summed E-state index contributed by atoms with van der Waals surface area (Å²) in [5.41, 5.74) is 4.44. The summed E-state index contributed by atoms with van der Waals surface area (Å²) in [5, 5.41) is 11.3. The highest BCUT2D eigenvalue weighted by molar-refractivity contribution is 5.90. The van der Waals surface area contributed by atoms with Crippen molar-refractivity contribution in [3.8, 4) is 5.69 Å². The molecule has 2 amide bonds. The molecule has 7 nitrogen and oxygen atoms in total. The second-order valence-corrected chi connectivity index (χ2v) is 9.36. The number of carbonyl (C=O) groups excluding carboxylic acids is 1. The fourth-order valence-electron chi connectivity index (χ4n) is 5.24. The number of nitrogens with zero attached hydrogens (tertiary/aromatic N) is 3. The van der Waals surface area contributed by atoms with E-state index in [1.54, 1.807) is 7.11 Å². The van der Waals surface area contributed by atoms with Gasteiger partial charge in [-0.1, -0.05) is 48.5 Å².